The van der Waals surface area contributed by atoms with Crippen molar-refractivity contribution in [1.82, 2.24) is 15.2 Å². The Hall–Kier alpha value is -1.52. The summed E-state index contributed by atoms with van der Waals surface area (Å²) >= 11 is 0. The van der Waals surface area contributed by atoms with E-state index in [2.05, 4.69) is 15.2 Å². The fraction of sp³-hybridized carbons (Fsp3) is 0. The van der Waals surface area contributed by atoms with Gasteiger partial charge in [0.25, 0.3) is 0 Å². The van der Waals surface area contributed by atoms with Gasteiger partial charge in [0.15, 0.2) is 5.69 Å². The topological polar surface area (TPSA) is 76.0 Å². The molecule has 1 aromatic heterocycles. The summed E-state index contributed by atoms with van der Waals surface area (Å²) in [5, 5.41) is 14.9. The lowest BCUT2D eigenvalue weighted by atomic mass is 10.5. The maximum Gasteiger partial charge on any atom is 0.356 e. The van der Waals surface area contributed by atoms with Crippen LogP contribution in [0.5, 0.6) is 0 Å². The number of aromatic nitrogens is 3. The van der Waals surface area contributed by atoms with Gasteiger partial charge in [0.1, 0.15) is 6.33 Å². The molecule has 1 heterocycles. The van der Waals surface area contributed by atoms with Crippen molar-refractivity contribution < 1.29 is 9.90 Å². The predicted molar refractivity (Wildman–Crippen MR) is 26.8 cm³/mol. The number of carboxylic acid groups (broad SMARTS) is 1. The van der Waals surface area contributed by atoms with E-state index in [0.29, 0.717) is 0 Å². The van der Waals surface area contributed by atoms with E-state index in [4.69, 9.17) is 5.11 Å². The largest absolute Gasteiger partial charge is 0.476 e. The van der Waals surface area contributed by atoms with Gasteiger partial charge in [0.2, 0.25) is 0 Å². The Morgan fingerprint density at radius 3 is 2.67 bits per heavy atom. The molecule has 1 aromatic rings. The minimum atomic E-state index is -1.09. The second kappa shape index (κ2) is 2.17. The Morgan fingerprint density at radius 2 is 2.33 bits per heavy atom. The predicted octanol–water partition coefficient (Wildman–Crippen LogP) is -0.430. The first-order valence-electron chi connectivity index (χ1n) is 2.16. The second-order valence-electron chi connectivity index (χ2n) is 1.30. The number of hydrogen-bond acceptors (Lipinski definition) is 4. The highest BCUT2D eigenvalue weighted by atomic mass is 16.4. The highest BCUT2D eigenvalue weighted by Gasteiger charge is 2.00. The quantitative estimate of drug-likeness (QED) is 0.551. The standard InChI is InChI=1S/C4H3N3O2/c8-4(9)3-1-6-7-2-5-3/h1-2H,(H,8,9). The molecule has 0 radical (unpaired) electrons. The first-order valence-corrected chi connectivity index (χ1v) is 2.16. The van der Waals surface area contributed by atoms with E-state index < -0.39 is 5.97 Å². The van der Waals surface area contributed by atoms with Gasteiger partial charge in [-0.05, 0) is 0 Å². The Balaban J connectivity index is 2.98. The van der Waals surface area contributed by atoms with Gasteiger partial charge in [0.05, 0.1) is 6.20 Å². The maximum absolute atomic E-state index is 10.1. The zero-order chi connectivity index (χ0) is 6.69. The van der Waals surface area contributed by atoms with Crippen molar-refractivity contribution in [2.75, 3.05) is 0 Å². The molecule has 46 valence electrons. The van der Waals surface area contributed by atoms with Crippen molar-refractivity contribution in [3.05, 3.63) is 18.2 Å². The molecule has 0 spiro atoms. The van der Waals surface area contributed by atoms with E-state index in [1.165, 1.54) is 0 Å². The molecule has 1 N–H and O–H groups in total. The van der Waals surface area contributed by atoms with Gasteiger partial charge in [-0.15, -0.1) is 5.10 Å². The SMILES string of the molecule is O=C(O)c1cnncn1. The van der Waals surface area contributed by atoms with Crippen LogP contribution < -0.4 is 0 Å². The molecule has 0 bridgehead atoms. The van der Waals surface area contributed by atoms with Crippen LogP contribution in [0.1, 0.15) is 10.5 Å². The van der Waals surface area contributed by atoms with Crippen molar-refractivity contribution in [2.24, 2.45) is 0 Å². The summed E-state index contributed by atoms with van der Waals surface area (Å²) in [7, 11) is 0. The zero-order valence-electron chi connectivity index (χ0n) is 4.35. The fourth-order valence-corrected chi connectivity index (χ4v) is 0.350. The molecule has 0 saturated carbocycles. The lowest BCUT2D eigenvalue weighted by Gasteiger charge is -1.85. The van der Waals surface area contributed by atoms with Crippen LogP contribution in [-0.2, 0) is 0 Å². The summed E-state index contributed by atoms with van der Waals surface area (Å²) in [4.78, 5) is 13.5. The number of nitrogens with zero attached hydrogens (tertiary/aromatic N) is 3. The Kier molecular flexibility index (Phi) is 1.35. The first kappa shape index (κ1) is 5.61. The van der Waals surface area contributed by atoms with Gasteiger partial charge in [-0.1, -0.05) is 0 Å². The van der Waals surface area contributed by atoms with Crippen LogP contribution in [0.2, 0.25) is 0 Å². The van der Waals surface area contributed by atoms with Crippen LogP contribution in [0.15, 0.2) is 12.5 Å². The van der Waals surface area contributed by atoms with Crippen LogP contribution in [0.4, 0.5) is 0 Å². The van der Waals surface area contributed by atoms with E-state index in [1.807, 2.05) is 0 Å². The smallest absolute Gasteiger partial charge is 0.356 e. The molecule has 0 amide bonds. The van der Waals surface area contributed by atoms with Gasteiger partial charge in [-0.2, -0.15) is 5.10 Å². The highest BCUT2D eigenvalue weighted by Crippen LogP contribution is 1.84. The van der Waals surface area contributed by atoms with Crippen LogP contribution in [0.25, 0.3) is 0 Å². The molecule has 0 fully saturated rings. The first-order chi connectivity index (χ1) is 4.30. The number of rotatable bonds is 1. The van der Waals surface area contributed by atoms with Crippen molar-refractivity contribution in [3.8, 4) is 0 Å². The molecule has 0 unspecified atom stereocenters. The summed E-state index contributed by atoms with van der Waals surface area (Å²) in [5.41, 5.74) is -0.0926. The lowest BCUT2D eigenvalue weighted by molar-refractivity contribution is 0.0689. The van der Waals surface area contributed by atoms with Crippen molar-refractivity contribution >= 4 is 5.97 Å². The number of carboxylic acids is 1. The molecular weight excluding hydrogens is 122 g/mol. The molecule has 1 rings (SSSR count). The van der Waals surface area contributed by atoms with Gasteiger partial charge < -0.3 is 5.11 Å². The second-order valence-corrected chi connectivity index (χ2v) is 1.30. The molecular formula is C4H3N3O2. The summed E-state index contributed by atoms with van der Waals surface area (Å²) < 4.78 is 0. The maximum atomic E-state index is 10.1. The molecule has 0 aromatic carbocycles. The van der Waals surface area contributed by atoms with Crippen molar-refractivity contribution in [3.63, 3.8) is 0 Å². The average molecular weight is 125 g/mol. The molecule has 9 heavy (non-hydrogen) atoms. The summed E-state index contributed by atoms with van der Waals surface area (Å²) in [5.74, 6) is -1.09. The molecule has 0 aliphatic carbocycles. The van der Waals surface area contributed by atoms with Gasteiger partial charge >= 0.3 is 5.97 Å². The molecule has 0 aliphatic heterocycles. The van der Waals surface area contributed by atoms with E-state index in [1.54, 1.807) is 0 Å². The van der Waals surface area contributed by atoms with Crippen LogP contribution in [0.3, 0.4) is 0 Å². The normalized spacial score (nSPS) is 8.89. The van der Waals surface area contributed by atoms with Gasteiger partial charge in [0, 0.05) is 0 Å². The fourth-order valence-electron chi connectivity index (χ4n) is 0.350. The van der Waals surface area contributed by atoms with Gasteiger partial charge in [-0.25, -0.2) is 9.78 Å². The van der Waals surface area contributed by atoms with Crippen molar-refractivity contribution in [2.45, 2.75) is 0 Å². The van der Waals surface area contributed by atoms with Crippen molar-refractivity contribution in [1.29, 1.82) is 0 Å². The Labute approximate surface area is 50.4 Å². The zero-order valence-corrected chi connectivity index (χ0v) is 4.35. The molecule has 5 nitrogen and oxygen atoms in total. The summed E-state index contributed by atoms with van der Waals surface area (Å²) in [6.45, 7) is 0. The van der Waals surface area contributed by atoms with E-state index >= 15 is 0 Å². The van der Waals surface area contributed by atoms with Gasteiger partial charge in [-0.3, -0.25) is 0 Å². The third-order valence-electron chi connectivity index (χ3n) is 0.714. The van der Waals surface area contributed by atoms with E-state index in [0.717, 1.165) is 12.5 Å². The highest BCUT2D eigenvalue weighted by molar-refractivity contribution is 5.84. The number of hydrogen-bond donors (Lipinski definition) is 1. The Bertz CT molecular complexity index is 210. The molecule has 0 aliphatic rings. The summed E-state index contributed by atoms with van der Waals surface area (Å²) in [6, 6.07) is 0. The monoisotopic (exact) mass is 125 g/mol. The summed E-state index contributed by atoms with van der Waals surface area (Å²) in [6.07, 6.45) is 2.17. The minimum Gasteiger partial charge on any atom is -0.476 e. The molecule has 0 saturated heterocycles. The third kappa shape index (κ3) is 1.18. The third-order valence-corrected chi connectivity index (χ3v) is 0.714. The van der Waals surface area contributed by atoms with Crippen LogP contribution in [0, 0.1) is 0 Å². The molecule has 0 atom stereocenters. The lowest BCUT2D eigenvalue weighted by Crippen LogP contribution is -2.00. The minimum absolute atomic E-state index is 0.0926. The van der Waals surface area contributed by atoms with Crippen LogP contribution >= 0.6 is 0 Å². The van der Waals surface area contributed by atoms with E-state index in [9.17, 15) is 4.79 Å². The Morgan fingerprint density at radius 1 is 1.56 bits per heavy atom. The average Bonchev–Trinajstić information content (AvgIpc) is 1.90. The number of aromatic carboxylic acids is 1. The van der Waals surface area contributed by atoms with E-state index in [-0.39, 0.29) is 5.69 Å². The number of carbonyl (C=O) groups is 1. The molecule has 5 heteroatoms. The van der Waals surface area contributed by atoms with Crippen LogP contribution in [-0.4, -0.2) is 26.3 Å².